The van der Waals surface area contributed by atoms with E-state index in [0.29, 0.717) is 15.7 Å². The van der Waals surface area contributed by atoms with Crippen LogP contribution in [0.2, 0.25) is 0 Å². The van der Waals surface area contributed by atoms with Crippen molar-refractivity contribution in [1.82, 2.24) is 19.6 Å². The van der Waals surface area contributed by atoms with Crippen molar-refractivity contribution in [2.75, 3.05) is 0 Å². The second-order valence-electron chi connectivity index (χ2n) is 5.84. The molecule has 0 amide bonds. The highest BCUT2D eigenvalue weighted by Gasteiger charge is 2.15. The zero-order valence-corrected chi connectivity index (χ0v) is 14.1. The first-order valence-corrected chi connectivity index (χ1v) is 8.74. The van der Waals surface area contributed by atoms with E-state index in [2.05, 4.69) is 15.1 Å². The Labute approximate surface area is 150 Å². The Morgan fingerprint density at radius 1 is 1.08 bits per heavy atom. The van der Waals surface area contributed by atoms with Crippen molar-refractivity contribution in [2.45, 2.75) is 0 Å². The lowest BCUT2D eigenvalue weighted by Crippen LogP contribution is -2.14. The smallest absolute Gasteiger partial charge is 0.275 e. The van der Waals surface area contributed by atoms with Crippen molar-refractivity contribution in [2.24, 2.45) is 0 Å². The van der Waals surface area contributed by atoms with Gasteiger partial charge >= 0.3 is 0 Å². The SMILES string of the molecule is O=c1cc(-c2ccccc2)nc2sc(-c3c[nH]c4ccc(F)cc34)nn12. The average Bonchev–Trinajstić information content (AvgIpc) is 3.26. The van der Waals surface area contributed by atoms with E-state index < -0.39 is 0 Å². The second-order valence-corrected chi connectivity index (χ2v) is 6.80. The summed E-state index contributed by atoms with van der Waals surface area (Å²) in [7, 11) is 0. The van der Waals surface area contributed by atoms with Gasteiger partial charge in [-0.25, -0.2) is 9.37 Å². The number of hydrogen-bond acceptors (Lipinski definition) is 4. The van der Waals surface area contributed by atoms with Crippen LogP contribution < -0.4 is 5.56 Å². The van der Waals surface area contributed by atoms with Crippen LogP contribution in [0.1, 0.15) is 0 Å². The molecule has 0 aliphatic carbocycles. The topological polar surface area (TPSA) is 63.0 Å². The monoisotopic (exact) mass is 362 g/mol. The van der Waals surface area contributed by atoms with E-state index in [1.54, 1.807) is 12.3 Å². The molecule has 0 fully saturated rings. The van der Waals surface area contributed by atoms with Gasteiger partial charge in [-0.15, -0.1) is 0 Å². The molecule has 2 aromatic carbocycles. The quantitative estimate of drug-likeness (QED) is 0.514. The van der Waals surface area contributed by atoms with E-state index in [1.165, 1.54) is 34.1 Å². The van der Waals surface area contributed by atoms with Gasteiger partial charge in [0.2, 0.25) is 4.96 Å². The number of halogens is 1. The number of aromatic amines is 1. The summed E-state index contributed by atoms with van der Waals surface area (Å²) in [6.07, 6.45) is 1.77. The van der Waals surface area contributed by atoms with E-state index in [9.17, 15) is 9.18 Å². The molecule has 0 atom stereocenters. The average molecular weight is 362 g/mol. The molecule has 0 aliphatic rings. The van der Waals surface area contributed by atoms with Crippen LogP contribution in [0.25, 0.3) is 37.7 Å². The van der Waals surface area contributed by atoms with Gasteiger partial charge in [-0.05, 0) is 18.2 Å². The molecular formula is C19H11FN4OS. The number of hydrogen-bond donors (Lipinski definition) is 1. The van der Waals surface area contributed by atoms with Gasteiger partial charge in [-0.3, -0.25) is 4.79 Å². The minimum absolute atomic E-state index is 0.248. The molecule has 26 heavy (non-hydrogen) atoms. The Hall–Kier alpha value is -3.32. The predicted octanol–water partition coefficient (Wildman–Crippen LogP) is 4.11. The van der Waals surface area contributed by atoms with E-state index in [4.69, 9.17) is 0 Å². The second kappa shape index (κ2) is 5.60. The zero-order valence-electron chi connectivity index (χ0n) is 13.3. The lowest BCUT2D eigenvalue weighted by Gasteiger charge is -1.99. The number of nitrogens with one attached hydrogen (secondary N) is 1. The van der Waals surface area contributed by atoms with Crippen molar-refractivity contribution < 1.29 is 4.39 Å². The minimum Gasteiger partial charge on any atom is -0.360 e. The van der Waals surface area contributed by atoms with Crippen LogP contribution in [0, 0.1) is 5.82 Å². The van der Waals surface area contributed by atoms with Crippen molar-refractivity contribution >= 4 is 27.2 Å². The van der Waals surface area contributed by atoms with Crippen molar-refractivity contribution in [3.8, 4) is 21.8 Å². The van der Waals surface area contributed by atoms with Crippen LogP contribution in [0.4, 0.5) is 4.39 Å². The summed E-state index contributed by atoms with van der Waals surface area (Å²) in [6.45, 7) is 0. The highest BCUT2D eigenvalue weighted by atomic mass is 32.1. The van der Waals surface area contributed by atoms with Gasteiger partial charge in [-0.1, -0.05) is 41.7 Å². The largest absolute Gasteiger partial charge is 0.360 e. The first-order chi connectivity index (χ1) is 12.7. The predicted molar refractivity (Wildman–Crippen MR) is 99.8 cm³/mol. The van der Waals surface area contributed by atoms with Crippen molar-refractivity contribution in [3.05, 3.63) is 77.0 Å². The number of fused-ring (bicyclic) bond motifs is 2. The van der Waals surface area contributed by atoms with Gasteiger partial charge in [0.05, 0.1) is 5.69 Å². The molecule has 5 nitrogen and oxygen atoms in total. The molecule has 3 aromatic heterocycles. The van der Waals surface area contributed by atoms with Crippen LogP contribution in [0.3, 0.4) is 0 Å². The number of H-pyrrole nitrogens is 1. The summed E-state index contributed by atoms with van der Waals surface area (Å²) in [5, 5.41) is 5.72. The molecule has 3 heterocycles. The van der Waals surface area contributed by atoms with Crippen LogP contribution in [0.5, 0.6) is 0 Å². The standard InChI is InChI=1S/C19H11FN4OS/c20-12-6-7-15-13(8-12)14(10-21-15)18-23-24-17(25)9-16(22-19(24)26-18)11-4-2-1-3-5-11/h1-10,21H. The molecule has 5 rings (SSSR count). The number of benzene rings is 2. The Kier molecular flexibility index (Phi) is 3.23. The molecular weight excluding hydrogens is 351 g/mol. The maximum atomic E-state index is 13.6. The Morgan fingerprint density at radius 3 is 2.77 bits per heavy atom. The molecule has 1 N–H and O–H groups in total. The van der Waals surface area contributed by atoms with Gasteiger partial charge in [0.15, 0.2) is 0 Å². The molecule has 0 bridgehead atoms. The van der Waals surface area contributed by atoms with Gasteiger partial charge in [-0.2, -0.15) is 9.61 Å². The van der Waals surface area contributed by atoms with Crippen LogP contribution in [0.15, 0.2) is 65.6 Å². The van der Waals surface area contributed by atoms with Crippen LogP contribution in [-0.4, -0.2) is 19.6 Å². The summed E-state index contributed by atoms with van der Waals surface area (Å²) in [5.41, 5.74) is 2.79. The minimum atomic E-state index is -0.318. The zero-order chi connectivity index (χ0) is 17.7. The van der Waals surface area contributed by atoms with E-state index in [-0.39, 0.29) is 11.4 Å². The summed E-state index contributed by atoms with van der Waals surface area (Å²) in [5.74, 6) is -0.318. The highest BCUT2D eigenvalue weighted by Crippen LogP contribution is 2.32. The first kappa shape index (κ1) is 15.0. The summed E-state index contributed by atoms with van der Waals surface area (Å²) >= 11 is 1.30. The Balaban J connectivity index is 1.72. The summed E-state index contributed by atoms with van der Waals surface area (Å²) in [6, 6.07) is 15.5. The first-order valence-electron chi connectivity index (χ1n) is 7.92. The highest BCUT2D eigenvalue weighted by molar-refractivity contribution is 7.19. The van der Waals surface area contributed by atoms with E-state index in [0.717, 1.165) is 22.0 Å². The molecule has 5 aromatic rings. The lowest BCUT2D eigenvalue weighted by molar-refractivity contribution is 0.630. The lowest BCUT2D eigenvalue weighted by atomic mass is 10.1. The fourth-order valence-corrected chi connectivity index (χ4v) is 3.88. The van der Waals surface area contributed by atoms with E-state index in [1.807, 2.05) is 30.3 Å². The van der Waals surface area contributed by atoms with Gasteiger partial charge in [0.1, 0.15) is 10.8 Å². The van der Waals surface area contributed by atoms with Crippen LogP contribution in [-0.2, 0) is 0 Å². The van der Waals surface area contributed by atoms with Crippen molar-refractivity contribution in [1.29, 1.82) is 0 Å². The molecule has 0 radical (unpaired) electrons. The maximum absolute atomic E-state index is 13.6. The third-order valence-corrected chi connectivity index (χ3v) is 5.13. The molecule has 0 aliphatic heterocycles. The number of rotatable bonds is 2. The molecule has 0 saturated carbocycles. The molecule has 126 valence electrons. The molecule has 0 spiro atoms. The third-order valence-electron chi connectivity index (χ3n) is 4.19. The normalized spacial score (nSPS) is 11.4. The van der Waals surface area contributed by atoms with E-state index >= 15 is 0 Å². The summed E-state index contributed by atoms with van der Waals surface area (Å²) < 4.78 is 14.9. The Bertz CT molecular complexity index is 1320. The Morgan fingerprint density at radius 2 is 1.92 bits per heavy atom. The van der Waals surface area contributed by atoms with Crippen molar-refractivity contribution in [3.63, 3.8) is 0 Å². The summed E-state index contributed by atoms with van der Waals surface area (Å²) in [4.78, 5) is 20.6. The molecule has 0 unspecified atom stereocenters. The number of aromatic nitrogens is 4. The van der Waals surface area contributed by atoms with Gasteiger partial charge in [0.25, 0.3) is 5.56 Å². The molecule has 7 heteroatoms. The van der Waals surface area contributed by atoms with Gasteiger partial charge < -0.3 is 4.98 Å². The maximum Gasteiger partial charge on any atom is 0.275 e. The van der Waals surface area contributed by atoms with Crippen LogP contribution >= 0.6 is 11.3 Å². The molecule has 0 saturated heterocycles. The number of nitrogens with zero attached hydrogens (tertiary/aromatic N) is 3. The fourth-order valence-electron chi connectivity index (χ4n) is 2.95. The van der Waals surface area contributed by atoms with Gasteiger partial charge in [0, 0.05) is 34.3 Å². The fraction of sp³-hybridized carbons (Fsp3) is 0. The third kappa shape index (κ3) is 2.33.